The first-order valence-electron chi connectivity index (χ1n) is 6.40. The molecule has 3 nitrogen and oxygen atoms in total. The second kappa shape index (κ2) is 6.92. The number of ether oxygens (including phenoxy) is 1. The molecule has 0 aliphatic rings. The largest absolute Gasteiger partial charge is 0.457 e. The molecule has 3 heteroatoms. The fourth-order valence-corrected chi connectivity index (χ4v) is 1.98. The summed E-state index contributed by atoms with van der Waals surface area (Å²) in [7, 11) is 0. The van der Waals surface area contributed by atoms with E-state index in [2.05, 4.69) is 0 Å². The van der Waals surface area contributed by atoms with Crippen LogP contribution in [-0.2, 0) is 12.8 Å². The predicted octanol–water partition coefficient (Wildman–Crippen LogP) is 2.55. The van der Waals surface area contributed by atoms with Crippen molar-refractivity contribution in [3.05, 3.63) is 59.7 Å². The highest BCUT2D eigenvalue weighted by Gasteiger charge is 2.07. The summed E-state index contributed by atoms with van der Waals surface area (Å²) in [6, 6.07) is 15.3. The number of rotatable bonds is 6. The van der Waals surface area contributed by atoms with Gasteiger partial charge in [-0.25, -0.2) is 0 Å². The molecule has 2 rings (SSSR count). The van der Waals surface area contributed by atoms with E-state index in [1.54, 1.807) is 0 Å². The van der Waals surface area contributed by atoms with Gasteiger partial charge in [0, 0.05) is 13.2 Å². The fourth-order valence-electron chi connectivity index (χ4n) is 1.98. The van der Waals surface area contributed by atoms with Gasteiger partial charge in [0.05, 0.1) is 0 Å². The minimum Gasteiger partial charge on any atom is -0.457 e. The predicted molar refractivity (Wildman–Crippen MR) is 74.5 cm³/mol. The molecule has 0 aromatic heterocycles. The third-order valence-electron chi connectivity index (χ3n) is 2.93. The molecule has 2 aromatic rings. The smallest absolute Gasteiger partial charge is 0.130 e. The molecule has 0 saturated heterocycles. The maximum atomic E-state index is 9.06. The minimum atomic E-state index is 0.0959. The van der Waals surface area contributed by atoms with Gasteiger partial charge in [0.25, 0.3) is 0 Å². The van der Waals surface area contributed by atoms with E-state index in [1.165, 1.54) is 0 Å². The van der Waals surface area contributed by atoms with Crippen LogP contribution in [0, 0.1) is 0 Å². The molecule has 0 aliphatic heterocycles. The van der Waals surface area contributed by atoms with Crippen LogP contribution in [0.25, 0.3) is 0 Å². The lowest BCUT2D eigenvalue weighted by atomic mass is 10.1. The monoisotopic (exact) mass is 258 g/mol. The number of para-hydroxylation sites is 2. The normalized spacial score (nSPS) is 10.4. The number of hydrogen-bond acceptors (Lipinski definition) is 3. The summed E-state index contributed by atoms with van der Waals surface area (Å²) >= 11 is 0. The van der Waals surface area contributed by atoms with E-state index in [0.29, 0.717) is 12.8 Å². The highest BCUT2D eigenvalue weighted by molar-refractivity contribution is 5.41. The van der Waals surface area contributed by atoms with Crippen molar-refractivity contribution >= 4 is 0 Å². The molecule has 0 saturated carbocycles. The summed E-state index contributed by atoms with van der Waals surface area (Å²) in [5, 5.41) is 18.1. The Morgan fingerprint density at radius 2 is 1.11 bits per heavy atom. The van der Waals surface area contributed by atoms with Gasteiger partial charge in [-0.1, -0.05) is 36.4 Å². The van der Waals surface area contributed by atoms with Crippen molar-refractivity contribution in [2.75, 3.05) is 13.2 Å². The molecule has 0 fully saturated rings. The Bertz CT molecular complexity index is 475. The summed E-state index contributed by atoms with van der Waals surface area (Å²) in [6.07, 6.45) is 1.14. The molecule has 0 unspecified atom stereocenters. The van der Waals surface area contributed by atoms with Crippen molar-refractivity contribution in [1.82, 2.24) is 0 Å². The number of aliphatic hydroxyl groups is 2. The lowest BCUT2D eigenvalue weighted by Gasteiger charge is -2.13. The van der Waals surface area contributed by atoms with Crippen LogP contribution >= 0.6 is 0 Å². The van der Waals surface area contributed by atoms with Crippen molar-refractivity contribution in [1.29, 1.82) is 0 Å². The molecule has 0 spiro atoms. The van der Waals surface area contributed by atoms with Crippen LogP contribution in [0.15, 0.2) is 48.5 Å². The highest BCUT2D eigenvalue weighted by atomic mass is 16.5. The Balaban J connectivity index is 2.25. The fraction of sp³-hybridized carbons (Fsp3) is 0.250. The molecule has 2 aromatic carbocycles. The van der Waals surface area contributed by atoms with Gasteiger partial charge < -0.3 is 14.9 Å². The standard InChI is InChI=1S/C16H18O3/c17-11-9-13-5-1-3-7-15(13)19-16-8-4-2-6-14(16)10-12-18/h1-8,17-18H,9-12H2. The third-order valence-corrected chi connectivity index (χ3v) is 2.93. The summed E-state index contributed by atoms with van der Waals surface area (Å²) in [6.45, 7) is 0.192. The number of hydrogen-bond donors (Lipinski definition) is 2. The molecule has 0 bridgehead atoms. The molecule has 0 atom stereocenters. The van der Waals surface area contributed by atoms with Gasteiger partial charge in [0.15, 0.2) is 0 Å². The zero-order valence-electron chi connectivity index (χ0n) is 10.7. The van der Waals surface area contributed by atoms with Crippen LogP contribution in [0.3, 0.4) is 0 Å². The molecule has 100 valence electrons. The van der Waals surface area contributed by atoms with Gasteiger partial charge in [0.2, 0.25) is 0 Å². The van der Waals surface area contributed by atoms with Crippen molar-refractivity contribution in [3.8, 4) is 11.5 Å². The minimum absolute atomic E-state index is 0.0959. The summed E-state index contributed by atoms with van der Waals surface area (Å²) in [4.78, 5) is 0. The van der Waals surface area contributed by atoms with Crippen LogP contribution in [-0.4, -0.2) is 23.4 Å². The molecule has 0 aliphatic carbocycles. The molecular weight excluding hydrogens is 240 g/mol. The van der Waals surface area contributed by atoms with Crippen LogP contribution < -0.4 is 4.74 Å². The summed E-state index contributed by atoms with van der Waals surface area (Å²) < 4.78 is 5.92. The first kappa shape index (κ1) is 13.6. The van der Waals surface area contributed by atoms with Gasteiger partial charge in [-0.3, -0.25) is 0 Å². The maximum Gasteiger partial charge on any atom is 0.130 e. The molecule has 19 heavy (non-hydrogen) atoms. The lowest BCUT2D eigenvalue weighted by molar-refractivity contribution is 0.296. The zero-order valence-corrected chi connectivity index (χ0v) is 10.7. The zero-order chi connectivity index (χ0) is 13.5. The Kier molecular flexibility index (Phi) is 4.95. The van der Waals surface area contributed by atoms with Gasteiger partial charge in [0.1, 0.15) is 11.5 Å². The third kappa shape index (κ3) is 3.56. The van der Waals surface area contributed by atoms with E-state index in [1.807, 2.05) is 48.5 Å². The van der Waals surface area contributed by atoms with E-state index >= 15 is 0 Å². The van der Waals surface area contributed by atoms with Gasteiger partial charge >= 0.3 is 0 Å². The van der Waals surface area contributed by atoms with Crippen molar-refractivity contribution in [2.45, 2.75) is 12.8 Å². The topological polar surface area (TPSA) is 49.7 Å². The Morgan fingerprint density at radius 3 is 1.53 bits per heavy atom. The van der Waals surface area contributed by atoms with E-state index in [0.717, 1.165) is 22.6 Å². The number of benzene rings is 2. The SMILES string of the molecule is OCCc1ccccc1Oc1ccccc1CCO. The lowest BCUT2D eigenvalue weighted by Crippen LogP contribution is -1.98. The molecule has 0 radical (unpaired) electrons. The molecular formula is C16H18O3. The van der Waals surface area contributed by atoms with E-state index < -0.39 is 0 Å². The van der Waals surface area contributed by atoms with Gasteiger partial charge in [-0.2, -0.15) is 0 Å². The van der Waals surface area contributed by atoms with Crippen molar-refractivity contribution < 1.29 is 14.9 Å². The quantitative estimate of drug-likeness (QED) is 0.837. The average molecular weight is 258 g/mol. The number of aliphatic hydroxyl groups excluding tert-OH is 2. The maximum absolute atomic E-state index is 9.06. The average Bonchev–Trinajstić information content (AvgIpc) is 2.44. The van der Waals surface area contributed by atoms with E-state index in [4.69, 9.17) is 14.9 Å². The molecule has 0 amide bonds. The summed E-state index contributed by atoms with van der Waals surface area (Å²) in [5.41, 5.74) is 1.95. The summed E-state index contributed by atoms with van der Waals surface area (Å²) in [5.74, 6) is 1.50. The van der Waals surface area contributed by atoms with Crippen LogP contribution in [0.2, 0.25) is 0 Å². The Hall–Kier alpha value is -1.84. The second-order valence-electron chi connectivity index (χ2n) is 4.26. The van der Waals surface area contributed by atoms with Gasteiger partial charge in [-0.05, 0) is 36.1 Å². The van der Waals surface area contributed by atoms with Crippen LogP contribution in [0.5, 0.6) is 11.5 Å². The van der Waals surface area contributed by atoms with Crippen LogP contribution in [0.1, 0.15) is 11.1 Å². The van der Waals surface area contributed by atoms with E-state index in [9.17, 15) is 0 Å². The van der Waals surface area contributed by atoms with E-state index in [-0.39, 0.29) is 13.2 Å². The highest BCUT2D eigenvalue weighted by Crippen LogP contribution is 2.28. The Labute approximate surface area is 113 Å². The molecule has 0 heterocycles. The first-order chi connectivity index (χ1) is 9.35. The van der Waals surface area contributed by atoms with Crippen molar-refractivity contribution in [2.24, 2.45) is 0 Å². The first-order valence-corrected chi connectivity index (χ1v) is 6.40. The second-order valence-corrected chi connectivity index (χ2v) is 4.26. The Morgan fingerprint density at radius 1 is 0.684 bits per heavy atom. The molecule has 2 N–H and O–H groups in total. The van der Waals surface area contributed by atoms with Crippen molar-refractivity contribution in [3.63, 3.8) is 0 Å². The van der Waals surface area contributed by atoms with Crippen LogP contribution in [0.4, 0.5) is 0 Å². The van der Waals surface area contributed by atoms with Gasteiger partial charge in [-0.15, -0.1) is 0 Å².